The quantitative estimate of drug-likeness (QED) is 0.511. The van der Waals surface area contributed by atoms with Crippen molar-refractivity contribution < 1.29 is 8.78 Å². The van der Waals surface area contributed by atoms with Crippen LogP contribution in [0.3, 0.4) is 0 Å². The molecular formula is C7H15F2N. The first kappa shape index (κ1) is 9.82. The second-order valence-corrected chi connectivity index (χ2v) is 2.74. The zero-order chi connectivity index (χ0) is 8.20. The minimum Gasteiger partial charge on any atom is -0.295 e. The first-order chi connectivity index (χ1) is 4.52. The second-order valence-electron chi connectivity index (χ2n) is 2.74. The molecule has 0 unspecified atom stereocenters. The largest absolute Gasteiger partial charge is 0.295 e. The van der Waals surface area contributed by atoms with E-state index in [1.807, 2.05) is 0 Å². The van der Waals surface area contributed by atoms with Gasteiger partial charge in [0.1, 0.15) is 0 Å². The van der Waals surface area contributed by atoms with E-state index in [1.54, 1.807) is 11.9 Å². The first-order valence-electron chi connectivity index (χ1n) is 3.58. The third kappa shape index (κ3) is 3.77. The summed E-state index contributed by atoms with van der Waals surface area (Å²) in [4.78, 5) is 1.58. The second kappa shape index (κ2) is 3.86. The molecule has 0 aliphatic carbocycles. The minimum absolute atomic E-state index is 0.0625. The van der Waals surface area contributed by atoms with Crippen LogP contribution in [-0.2, 0) is 0 Å². The van der Waals surface area contributed by atoms with Crippen molar-refractivity contribution in [2.45, 2.75) is 26.2 Å². The van der Waals surface area contributed by atoms with E-state index >= 15 is 0 Å². The summed E-state index contributed by atoms with van der Waals surface area (Å²) in [6.45, 7) is 4.12. The summed E-state index contributed by atoms with van der Waals surface area (Å²) in [5, 5.41) is 0. The van der Waals surface area contributed by atoms with Gasteiger partial charge in [-0.1, -0.05) is 20.3 Å². The Balaban J connectivity index is 0.000000236. The molecular weight excluding hydrogens is 136 g/mol. The highest BCUT2D eigenvalue weighted by Crippen LogP contribution is 2.23. The van der Waals surface area contributed by atoms with Crippen LogP contribution in [-0.4, -0.2) is 31.0 Å². The topological polar surface area (TPSA) is 3.24 Å². The van der Waals surface area contributed by atoms with E-state index in [0.717, 1.165) is 0 Å². The Morgan fingerprint density at radius 1 is 1.30 bits per heavy atom. The van der Waals surface area contributed by atoms with Gasteiger partial charge in [0.25, 0.3) is 5.92 Å². The molecule has 0 N–H and O–H groups in total. The summed E-state index contributed by atoms with van der Waals surface area (Å²) in [5.74, 6) is -2.38. The Bertz CT molecular complexity index is 85.6. The molecule has 1 aliphatic heterocycles. The predicted molar refractivity (Wildman–Crippen MR) is 38.4 cm³/mol. The van der Waals surface area contributed by atoms with Crippen LogP contribution in [0, 0.1) is 0 Å². The average molecular weight is 151 g/mol. The molecule has 1 rings (SSSR count). The van der Waals surface area contributed by atoms with Gasteiger partial charge in [0.05, 0.1) is 13.1 Å². The van der Waals surface area contributed by atoms with Crippen molar-refractivity contribution in [3.05, 3.63) is 0 Å². The fraction of sp³-hybridized carbons (Fsp3) is 1.00. The number of rotatable bonds is 0. The summed E-state index contributed by atoms with van der Waals surface area (Å²) >= 11 is 0. The standard InChI is InChI=1S/C4H7F2N.C3H8/c1-7-2-4(5,6)3-7;1-3-2/h2-3H2,1H3;3H2,1-2H3. The normalized spacial score (nSPS) is 22.5. The van der Waals surface area contributed by atoms with Gasteiger partial charge in [0.2, 0.25) is 0 Å². The third-order valence-electron chi connectivity index (χ3n) is 1.00. The molecule has 62 valence electrons. The highest BCUT2D eigenvalue weighted by atomic mass is 19.3. The zero-order valence-electron chi connectivity index (χ0n) is 6.82. The van der Waals surface area contributed by atoms with Crippen LogP contribution < -0.4 is 0 Å². The fourth-order valence-electron chi connectivity index (χ4n) is 0.743. The molecule has 0 spiro atoms. The van der Waals surface area contributed by atoms with E-state index in [9.17, 15) is 8.78 Å². The summed E-state index contributed by atoms with van der Waals surface area (Å²) in [7, 11) is 1.68. The van der Waals surface area contributed by atoms with Gasteiger partial charge in [0, 0.05) is 0 Å². The fourth-order valence-corrected chi connectivity index (χ4v) is 0.743. The van der Waals surface area contributed by atoms with Crippen LogP contribution in [0.15, 0.2) is 0 Å². The van der Waals surface area contributed by atoms with Gasteiger partial charge in [-0.15, -0.1) is 0 Å². The van der Waals surface area contributed by atoms with Crippen molar-refractivity contribution >= 4 is 0 Å². The van der Waals surface area contributed by atoms with Crippen LogP contribution in [0.1, 0.15) is 20.3 Å². The van der Waals surface area contributed by atoms with Gasteiger partial charge in [-0.05, 0) is 7.05 Å². The summed E-state index contributed by atoms with van der Waals surface area (Å²) < 4.78 is 23.5. The Hall–Kier alpha value is -0.180. The lowest BCUT2D eigenvalue weighted by Crippen LogP contribution is -2.53. The highest BCUT2D eigenvalue weighted by molar-refractivity contribution is 4.83. The predicted octanol–water partition coefficient (Wildman–Crippen LogP) is 1.98. The lowest BCUT2D eigenvalue weighted by molar-refractivity contribution is -0.119. The summed E-state index contributed by atoms with van der Waals surface area (Å²) in [5.41, 5.74) is 0. The molecule has 0 radical (unpaired) electrons. The Kier molecular flexibility index (Phi) is 3.79. The molecule has 0 aromatic carbocycles. The number of nitrogens with zero attached hydrogens (tertiary/aromatic N) is 1. The lowest BCUT2D eigenvalue weighted by Gasteiger charge is -2.35. The molecule has 1 heterocycles. The molecule has 3 heteroatoms. The lowest BCUT2D eigenvalue weighted by atomic mass is 10.2. The molecule has 1 saturated heterocycles. The molecule has 0 aromatic heterocycles. The molecule has 1 fully saturated rings. The number of likely N-dealkylation sites (tertiary alicyclic amines) is 1. The van der Waals surface area contributed by atoms with Crippen molar-refractivity contribution in [1.29, 1.82) is 0 Å². The van der Waals surface area contributed by atoms with Gasteiger partial charge >= 0.3 is 0 Å². The van der Waals surface area contributed by atoms with Gasteiger partial charge in [0.15, 0.2) is 0 Å². The van der Waals surface area contributed by atoms with Crippen molar-refractivity contribution in [1.82, 2.24) is 4.90 Å². The molecule has 0 saturated carbocycles. The Morgan fingerprint density at radius 3 is 1.60 bits per heavy atom. The summed E-state index contributed by atoms with van der Waals surface area (Å²) in [6, 6.07) is 0. The van der Waals surface area contributed by atoms with Gasteiger partial charge in [-0.3, -0.25) is 4.90 Å². The molecule has 0 atom stereocenters. The maximum absolute atomic E-state index is 11.7. The summed E-state index contributed by atoms with van der Waals surface area (Å²) in [6.07, 6.45) is 1.25. The van der Waals surface area contributed by atoms with E-state index < -0.39 is 5.92 Å². The van der Waals surface area contributed by atoms with Gasteiger partial charge < -0.3 is 0 Å². The maximum atomic E-state index is 11.7. The molecule has 10 heavy (non-hydrogen) atoms. The van der Waals surface area contributed by atoms with Crippen molar-refractivity contribution in [2.24, 2.45) is 0 Å². The van der Waals surface area contributed by atoms with Crippen molar-refractivity contribution in [3.63, 3.8) is 0 Å². The highest BCUT2D eigenvalue weighted by Gasteiger charge is 2.41. The minimum atomic E-state index is -2.38. The SMILES string of the molecule is CCC.CN1CC(F)(F)C1. The van der Waals surface area contributed by atoms with Crippen LogP contribution in [0.2, 0.25) is 0 Å². The van der Waals surface area contributed by atoms with Crippen LogP contribution >= 0.6 is 0 Å². The van der Waals surface area contributed by atoms with Crippen molar-refractivity contribution in [2.75, 3.05) is 20.1 Å². The molecule has 1 aliphatic rings. The average Bonchev–Trinajstić information content (AvgIpc) is 1.61. The van der Waals surface area contributed by atoms with E-state index in [4.69, 9.17) is 0 Å². The van der Waals surface area contributed by atoms with Gasteiger partial charge in [-0.2, -0.15) is 0 Å². The van der Waals surface area contributed by atoms with Crippen LogP contribution in [0.25, 0.3) is 0 Å². The monoisotopic (exact) mass is 151 g/mol. The maximum Gasteiger partial charge on any atom is 0.272 e. The Morgan fingerprint density at radius 2 is 1.60 bits per heavy atom. The molecule has 0 bridgehead atoms. The molecule has 0 aromatic rings. The number of hydrogen-bond acceptors (Lipinski definition) is 1. The number of alkyl halides is 2. The zero-order valence-corrected chi connectivity index (χ0v) is 6.82. The number of halogens is 2. The van der Waals surface area contributed by atoms with Crippen LogP contribution in [0.5, 0.6) is 0 Å². The smallest absolute Gasteiger partial charge is 0.272 e. The first-order valence-corrected chi connectivity index (χ1v) is 3.58. The van der Waals surface area contributed by atoms with E-state index in [1.165, 1.54) is 6.42 Å². The van der Waals surface area contributed by atoms with Gasteiger partial charge in [-0.25, -0.2) is 8.78 Å². The third-order valence-corrected chi connectivity index (χ3v) is 1.00. The van der Waals surface area contributed by atoms with Crippen molar-refractivity contribution in [3.8, 4) is 0 Å². The molecule has 1 nitrogen and oxygen atoms in total. The van der Waals surface area contributed by atoms with E-state index in [0.29, 0.717) is 0 Å². The molecule has 0 amide bonds. The van der Waals surface area contributed by atoms with E-state index in [2.05, 4.69) is 13.8 Å². The Labute approximate surface area is 61.0 Å². The van der Waals surface area contributed by atoms with Crippen LogP contribution in [0.4, 0.5) is 8.78 Å². The van der Waals surface area contributed by atoms with E-state index in [-0.39, 0.29) is 13.1 Å². The number of hydrogen-bond donors (Lipinski definition) is 0.